The second kappa shape index (κ2) is 6.47. The topological polar surface area (TPSA) is 53.8 Å². The number of rotatable bonds is 2. The van der Waals surface area contributed by atoms with Crippen LogP contribution in [0.2, 0.25) is 5.02 Å². The number of aryl methyl sites for hydroxylation is 1. The van der Waals surface area contributed by atoms with Gasteiger partial charge >= 0.3 is 0 Å². The quantitative estimate of drug-likeness (QED) is 0.806. The molecule has 0 spiro atoms. The summed E-state index contributed by atoms with van der Waals surface area (Å²) in [7, 11) is 0. The summed E-state index contributed by atoms with van der Waals surface area (Å²) in [6.07, 6.45) is 1.96. The smallest absolute Gasteiger partial charge is 0.258 e. The van der Waals surface area contributed by atoms with Gasteiger partial charge in [-0.15, -0.1) is 0 Å². The van der Waals surface area contributed by atoms with E-state index in [1.165, 1.54) is 0 Å². The molecule has 2 aliphatic rings. The number of carbonyl (C=O) groups is 2. The molecule has 0 N–H and O–H groups in total. The van der Waals surface area contributed by atoms with Crippen molar-refractivity contribution in [3.05, 3.63) is 46.7 Å². The highest BCUT2D eigenvalue weighted by molar-refractivity contribution is 6.33. The Bertz CT molecular complexity index is 876. The average Bonchev–Trinajstić information content (AvgIpc) is 3.24. The standard InChI is InChI=1S/C20H21ClN2O3/c1-12-19(24)22-9-5-6-14(22)11-23(12)20(25)16-10-18(26-13(16)2)15-7-3-4-8-17(15)21/h3-4,7-8,10,12,14H,5-6,9,11H2,1-2H3/t12-,14-/m1/s1. The Morgan fingerprint density at radius 2 is 2.08 bits per heavy atom. The molecule has 2 atom stereocenters. The van der Waals surface area contributed by atoms with Gasteiger partial charge in [0.05, 0.1) is 10.6 Å². The molecule has 136 valence electrons. The largest absolute Gasteiger partial charge is 0.460 e. The third-order valence-electron chi connectivity index (χ3n) is 5.44. The lowest BCUT2D eigenvalue weighted by molar-refractivity contribution is -0.141. The zero-order valence-corrected chi connectivity index (χ0v) is 15.6. The van der Waals surface area contributed by atoms with Crippen LogP contribution in [-0.2, 0) is 4.79 Å². The first-order chi connectivity index (χ1) is 12.5. The van der Waals surface area contributed by atoms with Crippen LogP contribution in [0.3, 0.4) is 0 Å². The molecule has 0 saturated carbocycles. The van der Waals surface area contributed by atoms with Crippen molar-refractivity contribution in [3.8, 4) is 11.3 Å². The molecule has 1 aromatic carbocycles. The number of amides is 2. The summed E-state index contributed by atoms with van der Waals surface area (Å²) >= 11 is 6.25. The summed E-state index contributed by atoms with van der Waals surface area (Å²) in [5.74, 6) is 0.991. The second-order valence-electron chi connectivity index (χ2n) is 7.02. The van der Waals surface area contributed by atoms with Crippen LogP contribution in [0.4, 0.5) is 0 Å². The molecule has 2 amide bonds. The van der Waals surface area contributed by atoms with Crippen molar-refractivity contribution in [1.29, 1.82) is 0 Å². The van der Waals surface area contributed by atoms with E-state index in [0.29, 0.717) is 28.7 Å². The Kier molecular flexibility index (Phi) is 4.27. The molecule has 26 heavy (non-hydrogen) atoms. The van der Waals surface area contributed by atoms with Gasteiger partial charge in [-0.3, -0.25) is 9.59 Å². The minimum atomic E-state index is -0.449. The SMILES string of the molecule is Cc1oc(-c2ccccc2Cl)cc1C(=O)N1C[C@H]2CCCN2C(=O)[C@H]1C. The summed E-state index contributed by atoms with van der Waals surface area (Å²) in [5, 5.41) is 0.573. The summed E-state index contributed by atoms with van der Waals surface area (Å²) in [6, 6.07) is 8.79. The van der Waals surface area contributed by atoms with Gasteiger partial charge < -0.3 is 14.2 Å². The lowest BCUT2D eigenvalue weighted by Gasteiger charge is -2.41. The molecular weight excluding hydrogens is 352 g/mol. The van der Waals surface area contributed by atoms with Gasteiger partial charge in [-0.25, -0.2) is 0 Å². The predicted octanol–water partition coefficient (Wildman–Crippen LogP) is 3.74. The maximum absolute atomic E-state index is 13.2. The molecule has 0 radical (unpaired) electrons. The van der Waals surface area contributed by atoms with Crippen LogP contribution >= 0.6 is 11.6 Å². The third kappa shape index (κ3) is 2.71. The van der Waals surface area contributed by atoms with Crippen molar-refractivity contribution in [2.24, 2.45) is 0 Å². The maximum atomic E-state index is 13.2. The summed E-state index contributed by atoms with van der Waals surface area (Å²) in [6.45, 7) is 4.96. The minimum Gasteiger partial charge on any atom is -0.460 e. The fraction of sp³-hybridized carbons (Fsp3) is 0.400. The highest BCUT2D eigenvalue weighted by atomic mass is 35.5. The van der Waals surface area contributed by atoms with Crippen molar-refractivity contribution in [2.45, 2.75) is 38.8 Å². The Morgan fingerprint density at radius 3 is 2.85 bits per heavy atom. The van der Waals surface area contributed by atoms with Crippen LogP contribution in [0, 0.1) is 6.92 Å². The Balaban J connectivity index is 1.64. The molecule has 3 heterocycles. The zero-order chi connectivity index (χ0) is 18.4. The van der Waals surface area contributed by atoms with Crippen molar-refractivity contribution in [3.63, 3.8) is 0 Å². The zero-order valence-electron chi connectivity index (χ0n) is 14.9. The lowest BCUT2D eigenvalue weighted by Crippen LogP contribution is -2.60. The molecular formula is C20H21ClN2O3. The van der Waals surface area contributed by atoms with E-state index in [2.05, 4.69) is 0 Å². The third-order valence-corrected chi connectivity index (χ3v) is 5.77. The van der Waals surface area contributed by atoms with Gasteiger partial charge in [-0.05, 0) is 44.9 Å². The number of piperazine rings is 1. The molecule has 2 fully saturated rings. The number of carbonyl (C=O) groups excluding carboxylic acids is 2. The number of hydrogen-bond acceptors (Lipinski definition) is 3. The van der Waals surface area contributed by atoms with Gasteiger partial charge in [0.15, 0.2) is 0 Å². The van der Waals surface area contributed by atoms with E-state index >= 15 is 0 Å². The molecule has 0 aliphatic carbocycles. The molecule has 4 rings (SSSR count). The Labute approximate surface area is 157 Å². The van der Waals surface area contributed by atoms with Crippen LogP contribution in [0.25, 0.3) is 11.3 Å². The molecule has 2 aromatic rings. The van der Waals surface area contributed by atoms with Crippen molar-refractivity contribution >= 4 is 23.4 Å². The van der Waals surface area contributed by atoms with E-state index in [-0.39, 0.29) is 17.9 Å². The van der Waals surface area contributed by atoms with Gasteiger partial charge in [0.2, 0.25) is 5.91 Å². The van der Waals surface area contributed by atoms with E-state index < -0.39 is 6.04 Å². The minimum absolute atomic E-state index is 0.0413. The van der Waals surface area contributed by atoms with Crippen LogP contribution < -0.4 is 0 Å². The van der Waals surface area contributed by atoms with Crippen LogP contribution in [0.1, 0.15) is 35.9 Å². The number of halogens is 1. The second-order valence-corrected chi connectivity index (χ2v) is 7.43. The first-order valence-corrected chi connectivity index (χ1v) is 9.32. The molecule has 2 saturated heterocycles. The molecule has 2 aliphatic heterocycles. The van der Waals surface area contributed by atoms with E-state index in [1.54, 1.807) is 30.9 Å². The van der Waals surface area contributed by atoms with Crippen molar-refractivity contribution < 1.29 is 14.0 Å². The number of fused-ring (bicyclic) bond motifs is 1. The highest BCUT2D eigenvalue weighted by Gasteiger charge is 2.42. The number of nitrogens with zero attached hydrogens (tertiary/aromatic N) is 2. The van der Waals surface area contributed by atoms with Gasteiger partial charge in [0.1, 0.15) is 17.6 Å². The van der Waals surface area contributed by atoms with Gasteiger partial charge in [-0.1, -0.05) is 23.7 Å². The molecule has 6 heteroatoms. The average molecular weight is 373 g/mol. The van der Waals surface area contributed by atoms with E-state index in [9.17, 15) is 9.59 Å². The van der Waals surface area contributed by atoms with Gasteiger partial charge in [-0.2, -0.15) is 0 Å². The predicted molar refractivity (Wildman–Crippen MR) is 99.1 cm³/mol. The highest BCUT2D eigenvalue weighted by Crippen LogP contribution is 2.33. The normalized spacial score (nSPS) is 22.7. The van der Waals surface area contributed by atoms with Gasteiger partial charge in [0.25, 0.3) is 5.91 Å². The summed E-state index contributed by atoms with van der Waals surface area (Å²) in [5.41, 5.74) is 1.24. The Morgan fingerprint density at radius 1 is 1.31 bits per heavy atom. The van der Waals surface area contributed by atoms with Crippen LogP contribution in [0.15, 0.2) is 34.7 Å². The molecule has 1 aromatic heterocycles. The number of hydrogen-bond donors (Lipinski definition) is 0. The molecule has 0 bridgehead atoms. The van der Waals surface area contributed by atoms with Crippen molar-refractivity contribution in [2.75, 3.05) is 13.1 Å². The fourth-order valence-electron chi connectivity index (χ4n) is 3.98. The monoisotopic (exact) mass is 372 g/mol. The first kappa shape index (κ1) is 17.2. The fourth-order valence-corrected chi connectivity index (χ4v) is 4.20. The van der Waals surface area contributed by atoms with Gasteiger partial charge in [0, 0.05) is 24.7 Å². The molecule has 5 nitrogen and oxygen atoms in total. The summed E-state index contributed by atoms with van der Waals surface area (Å²) in [4.78, 5) is 29.4. The van der Waals surface area contributed by atoms with Crippen LogP contribution in [-0.4, -0.2) is 46.8 Å². The van der Waals surface area contributed by atoms with Crippen LogP contribution in [0.5, 0.6) is 0 Å². The van der Waals surface area contributed by atoms with Crippen molar-refractivity contribution in [1.82, 2.24) is 9.80 Å². The first-order valence-electron chi connectivity index (χ1n) is 8.94. The maximum Gasteiger partial charge on any atom is 0.258 e. The summed E-state index contributed by atoms with van der Waals surface area (Å²) < 4.78 is 5.81. The van der Waals surface area contributed by atoms with E-state index in [1.807, 2.05) is 23.1 Å². The number of benzene rings is 1. The van der Waals surface area contributed by atoms with E-state index in [4.69, 9.17) is 16.0 Å². The lowest BCUT2D eigenvalue weighted by atomic mass is 10.0. The van der Waals surface area contributed by atoms with E-state index in [0.717, 1.165) is 24.9 Å². The number of furan rings is 1. The molecule has 0 unspecified atom stereocenters. The Hall–Kier alpha value is -2.27.